The maximum atomic E-state index is 12.9. The number of amides is 1. The first-order valence-corrected chi connectivity index (χ1v) is 4.99. The van der Waals surface area contributed by atoms with E-state index in [9.17, 15) is 13.6 Å². The monoisotopic (exact) mass is 284 g/mol. The molecule has 7 heteroatoms. The van der Waals surface area contributed by atoms with Crippen molar-refractivity contribution in [1.82, 2.24) is 5.32 Å². The summed E-state index contributed by atoms with van der Waals surface area (Å²) in [6.45, 7) is 1.93. The van der Waals surface area contributed by atoms with Crippen LogP contribution in [0.3, 0.4) is 0 Å². The summed E-state index contributed by atoms with van der Waals surface area (Å²) in [6, 6.07) is 1.26. The number of carbonyl (C=O) groups excluding carboxylic acids is 1. The molecule has 0 aliphatic carbocycles. The third kappa shape index (κ3) is 4.11. The maximum absolute atomic E-state index is 12.9. The van der Waals surface area contributed by atoms with Crippen LogP contribution in [0.15, 0.2) is 12.1 Å². The quantitative estimate of drug-likeness (QED) is 0.836. The molecule has 0 unspecified atom stereocenters. The van der Waals surface area contributed by atoms with Crippen LogP contribution in [0.2, 0.25) is 5.02 Å². The van der Waals surface area contributed by atoms with Gasteiger partial charge in [-0.15, -0.1) is 12.4 Å². The van der Waals surface area contributed by atoms with E-state index in [0.29, 0.717) is 0 Å². The number of rotatable bonds is 3. The lowest BCUT2D eigenvalue weighted by molar-refractivity contribution is 0.0941. The average Bonchev–Trinajstić information content (AvgIpc) is 2.23. The minimum Gasteiger partial charge on any atom is -0.348 e. The summed E-state index contributed by atoms with van der Waals surface area (Å²) in [7, 11) is 0. The van der Waals surface area contributed by atoms with Crippen LogP contribution in [0.25, 0.3) is 0 Å². The fourth-order valence-electron chi connectivity index (χ4n) is 1.06. The lowest BCUT2D eigenvalue weighted by Crippen LogP contribution is -2.37. The first-order valence-electron chi connectivity index (χ1n) is 4.61. The molecule has 17 heavy (non-hydrogen) atoms. The highest BCUT2D eigenvalue weighted by molar-refractivity contribution is 6.33. The van der Waals surface area contributed by atoms with Crippen LogP contribution < -0.4 is 11.1 Å². The standard InChI is InChI=1S/C10H11ClF2N2O.ClH/c1-5(4-14)15-10(16)6-2-8(12)9(13)3-7(6)11;/h2-3,5H,4,14H2,1H3,(H,15,16);1H/t5-;/m0./s1. The van der Waals surface area contributed by atoms with E-state index < -0.39 is 17.5 Å². The molecule has 0 aromatic heterocycles. The van der Waals surface area contributed by atoms with E-state index in [0.717, 1.165) is 12.1 Å². The number of benzene rings is 1. The molecule has 1 amide bonds. The molecule has 1 aromatic carbocycles. The van der Waals surface area contributed by atoms with Gasteiger partial charge >= 0.3 is 0 Å². The van der Waals surface area contributed by atoms with Crippen LogP contribution in [0.4, 0.5) is 8.78 Å². The van der Waals surface area contributed by atoms with Crippen molar-refractivity contribution >= 4 is 29.9 Å². The van der Waals surface area contributed by atoms with E-state index in [-0.39, 0.29) is 35.6 Å². The van der Waals surface area contributed by atoms with Crippen LogP contribution in [-0.4, -0.2) is 18.5 Å². The second kappa shape index (κ2) is 6.74. The molecule has 3 nitrogen and oxygen atoms in total. The number of halogens is 4. The molecule has 0 radical (unpaired) electrons. The van der Waals surface area contributed by atoms with Gasteiger partial charge in [-0.3, -0.25) is 4.79 Å². The summed E-state index contributed by atoms with van der Waals surface area (Å²) in [4.78, 5) is 11.6. The summed E-state index contributed by atoms with van der Waals surface area (Å²) >= 11 is 5.62. The molecule has 0 saturated heterocycles. The third-order valence-corrected chi connectivity index (χ3v) is 2.30. The smallest absolute Gasteiger partial charge is 0.253 e. The van der Waals surface area contributed by atoms with Crippen molar-refractivity contribution in [2.45, 2.75) is 13.0 Å². The predicted octanol–water partition coefficient (Wildman–Crippen LogP) is 2.12. The molecule has 0 heterocycles. The van der Waals surface area contributed by atoms with Crippen molar-refractivity contribution in [1.29, 1.82) is 0 Å². The summed E-state index contributed by atoms with van der Waals surface area (Å²) in [5.41, 5.74) is 5.20. The normalized spacial score (nSPS) is 11.6. The minimum atomic E-state index is -1.12. The van der Waals surface area contributed by atoms with Gasteiger partial charge in [-0.2, -0.15) is 0 Å². The SMILES string of the molecule is C[C@@H](CN)NC(=O)c1cc(F)c(F)cc1Cl.Cl. The highest BCUT2D eigenvalue weighted by Gasteiger charge is 2.15. The fraction of sp³-hybridized carbons (Fsp3) is 0.300. The van der Waals surface area contributed by atoms with Gasteiger partial charge in [-0.1, -0.05) is 11.6 Å². The molecule has 1 atom stereocenters. The van der Waals surface area contributed by atoms with Crippen LogP contribution in [-0.2, 0) is 0 Å². The topological polar surface area (TPSA) is 55.1 Å². The van der Waals surface area contributed by atoms with Gasteiger partial charge in [-0.25, -0.2) is 8.78 Å². The van der Waals surface area contributed by atoms with E-state index in [4.69, 9.17) is 17.3 Å². The number of carbonyl (C=O) groups is 1. The Balaban J connectivity index is 0.00000256. The molecule has 1 rings (SSSR count). The lowest BCUT2D eigenvalue weighted by atomic mass is 10.2. The Morgan fingerprint density at radius 2 is 2.00 bits per heavy atom. The van der Waals surface area contributed by atoms with Gasteiger partial charge in [-0.05, 0) is 19.1 Å². The largest absolute Gasteiger partial charge is 0.348 e. The van der Waals surface area contributed by atoms with Crippen molar-refractivity contribution < 1.29 is 13.6 Å². The second-order valence-electron chi connectivity index (χ2n) is 3.36. The molecule has 0 fully saturated rings. The molecule has 1 aromatic rings. The maximum Gasteiger partial charge on any atom is 0.253 e. The third-order valence-electron chi connectivity index (χ3n) is 1.99. The zero-order chi connectivity index (χ0) is 12.3. The van der Waals surface area contributed by atoms with Gasteiger partial charge in [0.05, 0.1) is 10.6 Å². The van der Waals surface area contributed by atoms with Crippen molar-refractivity contribution in [2.24, 2.45) is 5.73 Å². The molecule has 0 saturated carbocycles. The van der Waals surface area contributed by atoms with Crippen LogP contribution in [0, 0.1) is 11.6 Å². The molecule has 0 spiro atoms. The molecular weight excluding hydrogens is 273 g/mol. The Kier molecular flexibility index (Phi) is 6.37. The van der Waals surface area contributed by atoms with Crippen molar-refractivity contribution in [3.05, 3.63) is 34.4 Å². The highest BCUT2D eigenvalue weighted by Crippen LogP contribution is 2.19. The summed E-state index contributed by atoms with van der Waals surface area (Å²) < 4.78 is 25.6. The fourth-order valence-corrected chi connectivity index (χ4v) is 1.29. The van der Waals surface area contributed by atoms with Gasteiger partial charge in [0.15, 0.2) is 11.6 Å². The Bertz CT molecular complexity index is 416. The zero-order valence-corrected chi connectivity index (χ0v) is 10.5. The first-order chi connectivity index (χ1) is 7.45. The molecular formula is C10H12Cl2F2N2O. The average molecular weight is 285 g/mol. The summed E-state index contributed by atoms with van der Waals surface area (Å²) in [5.74, 6) is -2.79. The molecule has 0 aliphatic rings. The second-order valence-corrected chi connectivity index (χ2v) is 3.76. The lowest BCUT2D eigenvalue weighted by Gasteiger charge is -2.12. The molecule has 3 N–H and O–H groups in total. The van der Waals surface area contributed by atoms with E-state index >= 15 is 0 Å². The van der Waals surface area contributed by atoms with Crippen molar-refractivity contribution in [2.75, 3.05) is 6.54 Å². The van der Waals surface area contributed by atoms with Gasteiger partial charge < -0.3 is 11.1 Å². The number of nitrogens with two attached hydrogens (primary N) is 1. The first kappa shape index (κ1) is 16.1. The minimum absolute atomic E-state index is 0. The summed E-state index contributed by atoms with van der Waals surface area (Å²) in [5, 5.41) is 2.36. The van der Waals surface area contributed by atoms with Crippen LogP contribution in [0.1, 0.15) is 17.3 Å². The predicted molar refractivity (Wildman–Crippen MR) is 64.6 cm³/mol. The Hall–Kier alpha value is -0.910. The highest BCUT2D eigenvalue weighted by atomic mass is 35.5. The Morgan fingerprint density at radius 1 is 1.47 bits per heavy atom. The van der Waals surface area contributed by atoms with Crippen LogP contribution >= 0.6 is 24.0 Å². The number of hydrogen-bond acceptors (Lipinski definition) is 2. The van der Waals surface area contributed by atoms with E-state index in [1.165, 1.54) is 0 Å². The van der Waals surface area contributed by atoms with Crippen LogP contribution in [0.5, 0.6) is 0 Å². The molecule has 96 valence electrons. The van der Waals surface area contributed by atoms with Gasteiger partial charge in [0.2, 0.25) is 0 Å². The van der Waals surface area contributed by atoms with Gasteiger partial charge in [0.25, 0.3) is 5.91 Å². The summed E-state index contributed by atoms with van der Waals surface area (Å²) in [6.07, 6.45) is 0. The Morgan fingerprint density at radius 3 is 2.53 bits per heavy atom. The number of nitrogens with one attached hydrogen (secondary N) is 1. The number of hydrogen-bond donors (Lipinski definition) is 2. The van der Waals surface area contributed by atoms with Gasteiger partial charge in [0.1, 0.15) is 0 Å². The van der Waals surface area contributed by atoms with Crippen molar-refractivity contribution in [3.63, 3.8) is 0 Å². The van der Waals surface area contributed by atoms with E-state index in [2.05, 4.69) is 5.32 Å². The molecule has 0 aliphatic heterocycles. The van der Waals surface area contributed by atoms with Gasteiger partial charge in [0, 0.05) is 12.6 Å². The van der Waals surface area contributed by atoms with Crippen molar-refractivity contribution in [3.8, 4) is 0 Å². The molecule has 0 bridgehead atoms. The van der Waals surface area contributed by atoms with E-state index in [1.807, 2.05) is 0 Å². The zero-order valence-electron chi connectivity index (χ0n) is 8.97. The Labute approximate surface area is 109 Å². The van der Waals surface area contributed by atoms with E-state index in [1.54, 1.807) is 6.92 Å².